The Morgan fingerprint density at radius 3 is 2.65 bits per heavy atom. The van der Waals surface area contributed by atoms with Gasteiger partial charge in [-0.05, 0) is 38.4 Å². The SMILES string of the molecule is CN(C)CC(NC(=O)COCC1CC1)c1ccccc1. The first kappa shape index (κ1) is 15.0. The lowest BCUT2D eigenvalue weighted by Gasteiger charge is -2.22. The highest BCUT2D eigenvalue weighted by molar-refractivity contribution is 5.77. The van der Waals surface area contributed by atoms with Crippen LogP contribution in [0.15, 0.2) is 30.3 Å². The van der Waals surface area contributed by atoms with Crippen molar-refractivity contribution in [3.63, 3.8) is 0 Å². The largest absolute Gasteiger partial charge is 0.371 e. The molecule has 1 fully saturated rings. The van der Waals surface area contributed by atoms with Crippen LogP contribution in [0.5, 0.6) is 0 Å². The summed E-state index contributed by atoms with van der Waals surface area (Å²) in [6, 6.07) is 10.1. The summed E-state index contributed by atoms with van der Waals surface area (Å²) in [6.07, 6.45) is 2.49. The lowest BCUT2D eigenvalue weighted by Crippen LogP contribution is -2.37. The number of ether oxygens (including phenoxy) is 1. The number of rotatable bonds is 8. The summed E-state index contributed by atoms with van der Waals surface area (Å²) in [5, 5.41) is 3.05. The highest BCUT2D eigenvalue weighted by Gasteiger charge is 2.22. The van der Waals surface area contributed by atoms with E-state index in [1.807, 2.05) is 44.4 Å². The molecule has 1 atom stereocenters. The number of hydrogen-bond acceptors (Lipinski definition) is 3. The topological polar surface area (TPSA) is 41.6 Å². The van der Waals surface area contributed by atoms with Crippen molar-refractivity contribution < 1.29 is 9.53 Å². The molecule has 0 saturated heterocycles. The molecule has 0 aliphatic heterocycles. The van der Waals surface area contributed by atoms with E-state index < -0.39 is 0 Å². The van der Waals surface area contributed by atoms with Gasteiger partial charge in [0.2, 0.25) is 5.91 Å². The van der Waals surface area contributed by atoms with Gasteiger partial charge < -0.3 is 15.0 Å². The Bertz CT molecular complexity index is 416. The van der Waals surface area contributed by atoms with Gasteiger partial charge in [-0.3, -0.25) is 4.79 Å². The Labute approximate surface area is 121 Å². The molecular formula is C16H24N2O2. The number of hydrogen-bond donors (Lipinski definition) is 1. The second-order valence-corrected chi connectivity index (χ2v) is 5.75. The maximum atomic E-state index is 12.0. The Hall–Kier alpha value is -1.39. The van der Waals surface area contributed by atoms with Gasteiger partial charge in [-0.25, -0.2) is 0 Å². The fourth-order valence-electron chi connectivity index (χ4n) is 2.12. The first-order valence-corrected chi connectivity index (χ1v) is 7.22. The molecule has 1 N–H and O–H groups in total. The van der Waals surface area contributed by atoms with Crippen molar-refractivity contribution in [1.82, 2.24) is 10.2 Å². The molecule has 0 heterocycles. The van der Waals surface area contributed by atoms with Crippen molar-refractivity contribution in [1.29, 1.82) is 0 Å². The van der Waals surface area contributed by atoms with Gasteiger partial charge in [0.05, 0.1) is 12.6 Å². The maximum Gasteiger partial charge on any atom is 0.246 e. The van der Waals surface area contributed by atoms with Crippen LogP contribution in [-0.2, 0) is 9.53 Å². The lowest BCUT2D eigenvalue weighted by atomic mass is 10.1. The summed E-state index contributed by atoms with van der Waals surface area (Å²) in [6.45, 7) is 1.66. The Morgan fingerprint density at radius 1 is 1.35 bits per heavy atom. The zero-order valence-corrected chi connectivity index (χ0v) is 12.3. The average molecular weight is 276 g/mol. The number of carbonyl (C=O) groups excluding carboxylic acids is 1. The van der Waals surface area contributed by atoms with Gasteiger partial charge in [0, 0.05) is 6.54 Å². The average Bonchev–Trinajstić information content (AvgIpc) is 3.23. The van der Waals surface area contributed by atoms with Gasteiger partial charge in [0.25, 0.3) is 0 Å². The molecule has 1 amide bonds. The van der Waals surface area contributed by atoms with E-state index in [-0.39, 0.29) is 18.6 Å². The van der Waals surface area contributed by atoms with E-state index in [2.05, 4.69) is 10.2 Å². The van der Waals surface area contributed by atoms with Crippen LogP contribution >= 0.6 is 0 Å². The molecule has 1 aliphatic rings. The van der Waals surface area contributed by atoms with Crippen LogP contribution in [0.3, 0.4) is 0 Å². The smallest absolute Gasteiger partial charge is 0.246 e. The molecule has 110 valence electrons. The van der Waals surface area contributed by atoms with Crippen molar-refractivity contribution >= 4 is 5.91 Å². The van der Waals surface area contributed by atoms with Crippen LogP contribution in [-0.4, -0.2) is 44.7 Å². The third kappa shape index (κ3) is 5.31. The molecule has 20 heavy (non-hydrogen) atoms. The fraction of sp³-hybridized carbons (Fsp3) is 0.562. The molecule has 2 rings (SSSR count). The number of amides is 1. The summed E-state index contributed by atoms with van der Waals surface area (Å²) in [5.41, 5.74) is 1.12. The van der Waals surface area contributed by atoms with Crippen LogP contribution < -0.4 is 5.32 Å². The summed E-state index contributed by atoms with van der Waals surface area (Å²) >= 11 is 0. The molecule has 1 aromatic rings. The monoisotopic (exact) mass is 276 g/mol. The minimum absolute atomic E-state index is 0.00299. The standard InChI is InChI=1S/C16H24N2O2/c1-18(2)10-15(14-6-4-3-5-7-14)17-16(19)12-20-11-13-8-9-13/h3-7,13,15H,8-12H2,1-2H3,(H,17,19). The maximum absolute atomic E-state index is 12.0. The predicted molar refractivity (Wildman–Crippen MR) is 79.4 cm³/mol. The summed E-state index contributed by atoms with van der Waals surface area (Å²) in [4.78, 5) is 14.0. The van der Waals surface area contributed by atoms with Crippen LogP contribution in [0, 0.1) is 5.92 Å². The van der Waals surface area contributed by atoms with Crippen LogP contribution in [0.2, 0.25) is 0 Å². The summed E-state index contributed by atoms with van der Waals surface area (Å²) in [5.74, 6) is 0.649. The normalized spacial score (nSPS) is 16.1. The molecule has 1 aromatic carbocycles. The molecule has 1 unspecified atom stereocenters. The van der Waals surface area contributed by atoms with E-state index in [4.69, 9.17) is 4.74 Å². The highest BCUT2D eigenvalue weighted by Crippen LogP contribution is 2.28. The molecule has 0 spiro atoms. The van der Waals surface area contributed by atoms with E-state index in [1.54, 1.807) is 0 Å². The van der Waals surface area contributed by atoms with Crippen LogP contribution in [0.1, 0.15) is 24.4 Å². The number of likely N-dealkylation sites (N-methyl/N-ethyl adjacent to an activating group) is 1. The molecule has 0 aromatic heterocycles. The van der Waals surface area contributed by atoms with Gasteiger partial charge in [-0.2, -0.15) is 0 Å². The van der Waals surface area contributed by atoms with Gasteiger partial charge in [0.15, 0.2) is 0 Å². The first-order valence-electron chi connectivity index (χ1n) is 7.22. The van der Waals surface area contributed by atoms with Crippen LogP contribution in [0.25, 0.3) is 0 Å². The van der Waals surface area contributed by atoms with E-state index in [9.17, 15) is 4.79 Å². The number of carbonyl (C=O) groups is 1. The summed E-state index contributed by atoms with van der Waals surface area (Å²) in [7, 11) is 4.01. The van der Waals surface area contributed by atoms with Crippen molar-refractivity contribution in [3.05, 3.63) is 35.9 Å². The van der Waals surface area contributed by atoms with Crippen molar-refractivity contribution in [2.45, 2.75) is 18.9 Å². The zero-order valence-electron chi connectivity index (χ0n) is 12.3. The molecule has 4 nitrogen and oxygen atoms in total. The molecule has 1 saturated carbocycles. The molecule has 1 aliphatic carbocycles. The van der Waals surface area contributed by atoms with E-state index in [0.717, 1.165) is 18.7 Å². The third-order valence-corrected chi connectivity index (χ3v) is 3.37. The fourth-order valence-corrected chi connectivity index (χ4v) is 2.12. The minimum atomic E-state index is -0.0404. The third-order valence-electron chi connectivity index (χ3n) is 3.37. The lowest BCUT2D eigenvalue weighted by molar-refractivity contribution is -0.126. The minimum Gasteiger partial charge on any atom is -0.371 e. The molecular weight excluding hydrogens is 252 g/mol. The van der Waals surface area contributed by atoms with Crippen molar-refractivity contribution in [2.75, 3.05) is 33.9 Å². The van der Waals surface area contributed by atoms with Gasteiger partial charge in [-0.1, -0.05) is 30.3 Å². The van der Waals surface area contributed by atoms with E-state index >= 15 is 0 Å². The number of nitrogens with one attached hydrogen (secondary N) is 1. The van der Waals surface area contributed by atoms with Gasteiger partial charge in [-0.15, -0.1) is 0 Å². The molecule has 0 bridgehead atoms. The number of benzene rings is 1. The zero-order chi connectivity index (χ0) is 14.4. The second kappa shape index (κ2) is 7.41. The first-order chi connectivity index (χ1) is 9.65. The highest BCUT2D eigenvalue weighted by atomic mass is 16.5. The van der Waals surface area contributed by atoms with Crippen molar-refractivity contribution in [3.8, 4) is 0 Å². The Balaban J connectivity index is 1.84. The van der Waals surface area contributed by atoms with E-state index in [1.165, 1.54) is 12.8 Å². The molecule has 0 radical (unpaired) electrons. The van der Waals surface area contributed by atoms with E-state index in [0.29, 0.717) is 5.92 Å². The second-order valence-electron chi connectivity index (χ2n) is 5.75. The predicted octanol–water partition coefficient (Wildman–Crippen LogP) is 1.83. The quantitative estimate of drug-likeness (QED) is 0.787. The van der Waals surface area contributed by atoms with Gasteiger partial charge in [0.1, 0.15) is 6.61 Å². The summed E-state index contributed by atoms with van der Waals surface area (Å²) < 4.78 is 5.44. The molecule has 4 heteroatoms. The van der Waals surface area contributed by atoms with Crippen molar-refractivity contribution in [2.24, 2.45) is 5.92 Å². The van der Waals surface area contributed by atoms with Crippen LogP contribution in [0.4, 0.5) is 0 Å². The van der Waals surface area contributed by atoms with Gasteiger partial charge >= 0.3 is 0 Å². The Kier molecular flexibility index (Phi) is 5.56. The number of nitrogens with zero attached hydrogens (tertiary/aromatic N) is 1. The Morgan fingerprint density at radius 2 is 2.05 bits per heavy atom.